The highest BCUT2D eigenvalue weighted by atomic mass is 32.2. The molecule has 0 aliphatic heterocycles. The molecule has 0 aliphatic carbocycles. The number of hydrogen-bond acceptors (Lipinski definition) is 4. The largest absolute Gasteiger partial charge is 0.489 e. The molecule has 0 fully saturated rings. The number of aromatic carboxylic acids is 1. The lowest BCUT2D eigenvalue weighted by Gasteiger charge is -2.11. The number of carboxylic acids is 1. The number of carbonyl (C=O) groups is 1. The fourth-order valence-corrected chi connectivity index (χ4v) is 4.51. The maximum Gasteiger partial charge on any atom is 0.335 e. The van der Waals surface area contributed by atoms with Crippen LogP contribution in [0.3, 0.4) is 0 Å². The number of aryl methyl sites for hydroxylation is 1. The number of anilines is 1. The van der Waals surface area contributed by atoms with Gasteiger partial charge in [-0.2, -0.15) is 0 Å². The van der Waals surface area contributed by atoms with Crippen LogP contribution in [0.25, 0.3) is 11.1 Å². The number of nitrogens with one attached hydrogen (secondary N) is 1. The highest BCUT2D eigenvalue weighted by Gasteiger charge is 2.18. The maximum atomic E-state index is 12.7. The van der Waals surface area contributed by atoms with Gasteiger partial charge in [-0.15, -0.1) is 0 Å². The van der Waals surface area contributed by atoms with E-state index in [4.69, 9.17) is 4.74 Å². The van der Waals surface area contributed by atoms with Crippen LogP contribution in [0.2, 0.25) is 0 Å². The summed E-state index contributed by atoms with van der Waals surface area (Å²) in [6, 6.07) is 28.6. The quantitative estimate of drug-likeness (QED) is 0.340. The average molecular weight is 474 g/mol. The number of sulfonamides is 1. The minimum Gasteiger partial charge on any atom is -0.489 e. The molecule has 0 saturated heterocycles. The fraction of sp³-hybridized carbons (Fsp3) is 0.0741. The van der Waals surface area contributed by atoms with Crippen LogP contribution in [-0.4, -0.2) is 19.5 Å². The van der Waals surface area contributed by atoms with Crippen LogP contribution >= 0.6 is 0 Å². The fourth-order valence-electron chi connectivity index (χ4n) is 3.43. The molecule has 4 aromatic carbocycles. The van der Waals surface area contributed by atoms with Crippen molar-refractivity contribution in [2.45, 2.75) is 18.4 Å². The molecule has 6 nitrogen and oxygen atoms in total. The Bertz CT molecular complexity index is 1400. The smallest absolute Gasteiger partial charge is 0.335 e. The van der Waals surface area contributed by atoms with E-state index in [0.717, 1.165) is 28.5 Å². The molecule has 0 bridgehead atoms. The van der Waals surface area contributed by atoms with Gasteiger partial charge in [0.15, 0.2) is 0 Å². The van der Waals surface area contributed by atoms with Crippen molar-refractivity contribution in [1.29, 1.82) is 0 Å². The highest BCUT2D eigenvalue weighted by Crippen LogP contribution is 2.26. The summed E-state index contributed by atoms with van der Waals surface area (Å²) in [4.78, 5) is 11.2. The van der Waals surface area contributed by atoms with Gasteiger partial charge in [0, 0.05) is 5.69 Å². The molecule has 0 saturated carbocycles. The number of hydrogen-bond donors (Lipinski definition) is 2. The highest BCUT2D eigenvalue weighted by molar-refractivity contribution is 7.92. The molecule has 172 valence electrons. The molecule has 4 rings (SSSR count). The Morgan fingerprint density at radius 1 is 0.853 bits per heavy atom. The Labute approximate surface area is 198 Å². The monoisotopic (exact) mass is 473 g/mol. The van der Waals surface area contributed by atoms with Gasteiger partial charge in [-0.1, -0.05) is 60.7 Å². The van der Waals surface area contributed by atoms with E-state index in [9.17, 15) is 18.3 Å². The molecule has 4 aromatic rings. The van der Waals surface area contributed by atoms with Gasteiger partial charge in [-0.25, -0.2) is 13.2 Å². The second-order valence-electron chi connectivity index (χ2n) is 7.76. The first-order valence-electron chi connectivity index (χ1n) is 10.6. The molecule has 0 aliphatic rings. The summed E-state index contributed by atoms with van der Waals surface area (Å²) in [6.07, 6.45) is 0. The average Bonchev–Trinajstić information content (AvgIpc) is 2.84. The predicted octanol–water partition coefficient (Wildman–Crippen LogP) is 5.74. The van der Waals surface area contributed by atoms with E-state index in [2.05, 4.69) is 4.72 Å². The molecule has 0 spiro atoms. The zero-order chi connectivity index (χ0) is 24.1. The Kier molecular flexibility index (Phi) is 6.65. The van der Waals surface area contributed by atoms with Crippen molar-refractivity contribution < 1.29 is 23.1 Å². The summed E-state index contributed by atoms with van der Waals surface area (Å²) in [5, 5.41) is 9.26. The minimum atomic E-state index is -3.93. The Hall–Kier alpha value is -4.10. The third kappa shape index (κ3) is 5.44. The number of ether oxygens (including phenoxy) is 1. The van der Waals surface area contributed by atoms with Crippen molar-refractivity contribution in [2.24, 2.45) is 0 Å². The molecular formula is C27H23NO5S. The van der Waals surface area contributed by atoms with Crippen molar-refractivity contribution in [1.82, 2.24) is 0 Å². The third-order valence-corrected chi connectivity index (χ3v) is 6.70. The van der Waals surface area contributed by atoms with Crippen LogP contribution < -0.4 is 9.46 Å². The molecule has 0 aromatic heterocycles. The summed E-state index contributed by atoms with van der Waals surface area (Å²) in [5.74, 6) is -0.411. The second-order valence-corrected chi connectivity index (χ2v) is 9.45. The van der Waals surface area contributed by atoms with Gasteiger partial charge in [-0.3, -0.25) is 4.72 Å². The van der Waals surface area contributed by atoms with E-state index >= 15 is 0 Å². The maximum absolute atomic E-state index is 12.7. The van der Waals surface area contributed by atoms with Crippen LogP contribution in [0.15, 0.2) is 102 Å². The van der Waals surface area contributed by atoms with E-state index in [0.29, 0.717) is 17.9 Å². The van der Waals surface area contributed by atoms with Gasteiger partial charge in [0.2, 0.25) is 0 Å². The molecule has 34 heavy (non-hydrogen) atoms. The normalized spacial score (nSPS) is 11.1. The lowest BCUT2D eigenvalue weighted by molar-refractivity contribution is 0.0696. The summed E-state index contributed by atoms with van der Waals surface area (Å²) >= 11 is 0. The standard InChI is InChI=1S/C27H23NO5S/c1-19-7-16-25(17-26(19)27(29)30)34(31,32)28-23-12-8-21(9-13-23)22-10-14-24(15-11-22)33-18-20-5-3-2-4-6-20/h2-17,28H,18H2,1H3,(H,29,30). The van der Waals surface area contributed by atoms with Gasteiger partial charge in [0.05, 0.1) is 10.5 Å². The van der Waals surface area contributed by atoms with Crippen LogP contribution in [0.1, 0.15) is 21.5 Å². The van der Waals surface area contributed by atoms with Crippen molar-refractivity contribution in [3.63, 3.8) is 0 Å². The molecule has 0 heterocycles. The summed E-state index contributed by atoms with van der Waals surface area (Å²) in [5.41, 5.74) is 3.80. The van der Waals surface area contributed by atoms with Crippen LogP contribution in [-0.2, 0) is 16.6 Å². The zero-order valence-electron chi connectivity index (χ0n) is 18.4. The minimum absolute atomic E-state index is 0.0468. The molecular weight excluding hydrogens is 450 g/mol. The lowest BCUT2D eigenvalue weighted by Crippen LogP contribution is -2.14. The van der Waals surface area contributed by atoms with Crippen LogP contribution in [0.4, 0.5) is 5.69 Å². The first kappa shape index (κ1) is 23.1. The summed E-state index contributed by atoms with van der Waals surface area (Å²) in [6.45, 7) is 2.11. The Morgan fingerprint density at radius 2 is 1.47 bits per heavy atom. The van der Waals surface area contributed by atoms with Gasteiger partial charge >= 0.3 is 5.97 Å². The molecule has 2 N–H and O–H groups in total. The molecule has 0 amide bonds. The third-order valence-electron chi connectivity index (χ3n) is 5.32. The molecule has 0 unspecified atom stereocenters. The van der Waals surface area contributed by atoms with E-state index in [1.807, 2.05) is 66.7 Å². The van der Waals surface area contributed by atoms with Crippen molar-refractivity contribution >= 4 is 21.7 Å². The van der Waals surface area contributed by atoms with Crippen molar-refractivity contribution in [3.05, 3.63) is 114 Å². The molecule has 0 radical (unpaired) electrons. The number of rotatable bonds is 8. The SMILES string of the molecule is Cc1ccc(S(=O)(=O)Nc2ccc(-c3ccc(OCc4ccccc4)cc3)cc2)cc1C(=O)O. The lowest BCUT2D eigenvalue weighted by atomic mass is 10.1. The van der Waals surface area contributed by atoms with Gasteiger partial charge in [0.25, 0.3) is 10.0 Å². The predicted molar refractivity (Wildman–Crippen MR) is 132 cm³/mol. The van der Waals surface area contributed by atoms with E-state index in [1.165, 1.54) is 12.1 Å². The second kappa shape index (κ2) is 9.80. The molecule has 0 atom stereocenters. The van der Waals surface area contributed by atoms with Crippen molar-refractivity contribution in [2.75, 3.05) is 4.72 Å². The van der Waals surface area contributed by atoms with Crippen LogP contribution in [0.5, 0.6) is 5.75 Å². The van der Waals surface area contributed by atoms with Gasteiger partial charge in [0.1, 0.15) is 12.4 Å². The van der Waals surface area contributed by atoms with Gasteiger partial charge < -0.3 is 9.84 Å². The van der Waals surface area contributed by atoms with E-state index < -0.39 is 16.0 Å². The van der Waals surface area contributed by atoms with Gasteiger partial charge in [-0.05, 0) is 65.6 Å². The first-order valence-corrected chi connectivity index (χ1v) is 12.0. The van der Waals surface area contributed by atoms with Crippen molar-refractivity contribution in [3.8, 4) is 16.9 Å². The first-order chi connectivity index (χ1) is 16.3. The number of carboxylic acid groups (broad SMARTS) is 1. The topological polar surface area (TPSA) is 92.7 Å². The summed E-state index contributed by atoms with van der Waals surface area (Å²) < 4.78 is 33.8. The Balaban J connectivity index is 1.44. The van der Waals surface area contributed by atoms with E-state index in [1.54, 1.807) is 19.1 Å². The zero-order valence-corrected chi connectivity index (χ0v) is 19.2. The van der Waals surface area contributed by atoms with Crippen LogP contribution in [0, 0.1) is 6.92 Å². The summed E-state index contributed by atoms with van der Waals surface area (Å²) in [7, 11) is -3.93. The van der Waals surface area contributed by atoms with E-state index in [-0.39, 0.29) is 10.5 Å². The molecule has 7 heteroatoms. The Morgan fingerprint density at radius 3 is 2.09 bits per heavy atom. The number of benzene rings is 4.